The maximum atomic E-state index is 12.3. The Morgan fingerprint density at radius 3 is 1.67 bits per heavy atom. The van der Waals surface area contributed by atoms with E-state index >= 15 is 0 Å². The molecule has 2 N–H and O–H groups in total. The molecule has 0 fully saturated rings. The second-order valence-corrected chi connectivity index (χ2v) is 6.37. The molecule has 4 nitrogen and oxygen atoms in total. The van der Waals surface area contributed by atoms with Crippen LogP contribution in [0, 0.1) is 20.8 Å². The lowest BCUT2D eigenvalue weighted by atomic mass is 9.98. The predicted octanol–water partition coefficient (Wildman–Crippen LogP) is 4.31. The molecule has 0 heterocycles. The minimum atomic E-state index is -0.662. The van der Waals surface area contributed by atoms with E-state index in [2.05, 4.69) is 24.5 Å². The van der Waals surface area contributed by atoms with E-state index in [1.165, 1.54) is 0 Å². The van der Waals surface area contributed by atoms with Crippen LogP contribution in [0.1, 0.15) is 42.0 Å². The number of nitrogens with one attached hydrogen (secondary N) is 2. The van der Waals surface area contributed by atoms with Crippen molar-refractivity contribution in [2.24, 2.45) is 0 Å². The van der Waals surface area contributed by atoms with Gasteiger partial charge in [0.1, 0.15) is 0 Å². The van der Waals surface area contributed by atoms with Crippen molar-refractivity contribution in [3.63, 3.8) is 0 Å². The summed E-state index contributed by atoms with van der Waals surface area (Å²) in [6, 6.07) is 11.6. The summed E-state index contributed by atoms with van der Waals surface area (Å²) in [5, 5.41) is 5.48. The Bertz CT molecular complexity index is 759. The van der Waals surface area contributed by atoms with Gasteiger partial charge in [0.15, 0.2) is 0 Å². The lowest BCUT2D eigenvalue weighted by Crippen LogP contribution is -2.30. The number of para-hydroxylation sites is 2. The van der Waals surface area contributed by atoms with Crippen molar-refractivity contribution in [2.75, 3.05) is 10.6 Å². The SMILES string of the molecule is Cc1cccc(C)c1NC(=O)C(=O)Nc1c(C)cccc1C(C)C. The summed E-state index contributed by atoms with van der Waals surface area (Å²) < 4.78 is 0. The number of carbonyl (C=O) groups excluding carboxylic acids is 2. The van der Waals surface area contributed by atoms with Crippen molar-refractivity contribution in [1.82, 2.24) is 0 Å². The van der Waals surface area contributed by atoms with Crippen molar-refractivity contribution in [1.29, 1.82) is 0 Å². The van der Waals surface area contributed by atoms with Crippen LogP contribution in [0.3, 0.4) is 0 Å². The molecule has 0 radical (unpaired) electrons. The van der Waals surface area contributed by atoms with Gasteiger partial charge in [0.25, 0.3) is 0 Å². The summed E-state index contributed by atoms with van der Waals surface area (Å²) in [6.07, 6.45) is 0. The van der Waals surface area contributed by atoms with Crippen molar-refractivity contribution < 1.29 is 9.59 Å². The molecule has 0 aliphatic heterocycles. The number of carbonyl (C=O) groups is 2. The molecule has 2 aromatic carbocycles. The van der Waals surface area contributed by atoms with E-state index in [0.29, 0.717) is 11.4 Å². The molecular formula is C20H24N2O2. The average Bonchev–Trinajstić information content (AvgIpc) is 2.52. The summed E-state index contributed by atoms with van der Waals surface area (Å²) in [6.45, 7) is 9.84. The Hall–Kier alpha value is -2.62. The van der Waals surface area contributed by atoms with E-state index < -0.39 is 11.8 Å². The number of rotatable bonds is 3. The van der Waals surface area contributed by atoms with Crippen LogP contribution in [0.15, 0.2) is 36.4 Å². The van der Waals surface area contributed by atoms with Crippen LogP contribution in [0.2, 0.25) is 0 Å². The van der Waals surface area contributed by atoms with E-state index in [4.69, 9.17) is 0 Å². The van der Waals surface area contributed by atoms with Crippen LogP contribution in [0.25, 0.3) is 0 Å². The van der Waals surface area contributed by atoms with Crippen LogP contribution in [-0.2, 0) is 9.59 Å². The molecule has 0 aromatic heterocycles. The molecule has 0 saturated carbocycles. The number of anilines is 2. The number of amides is 2. The third-order valence-corrected chi connectivity index (χ3v) is 4.09. The van der Waals surface area contributed by atoms with Crippen LogP contribution in [0.4, 0.5) is 11.4 Å². The van der Waals surface area contributed by atoms with Gasteiger partial charge in [-0.25, -0.2) is 0 Å². The fraction of sp³-hybridized carbons (Fsp3) is 0.300. The highest BCUT2D eigenvalue weighted by molar-refractivity contribution is 6.44. The summed E-state index contributed by atoms with van der Waals surface area (Å²) >= 11 is 0. The Kier molecular flexibility index (Phi) is 5.39. The van der Waals surface area contributed by atoms with Gasteiger partial charge in [-0.15, -0.1) is 0 Å². The Morgan fingerprint density at radius 1 is 0.750 bits per heavy atom. The molecule has 0 unspecified atom stereocenters. The highest BCUT2D eigenvalue weighted by Crippen LogP contribution is 2.27. The normalized spacial score (nSPS) is 10.6. The van der Waals surface area contributed by atoms with Crippen molar-refractivity contribution >= 4 is 23.2 Å². The van der Waals surface area contributed by atoms with Crippen LogP contribution < -0.4 is 10.6 Å². The zero-order valence-electron chi connectivity index (χ0n) is 14.9. The number of benzene rings is 2. The van der Waals surface area contributed by atoms with E-state index in [1.54, 1.807) is 0 Å². The van der Waals surface area contributed by atoms with E-state index in [-0.39, 0.29) is 5.92 Å². The quantitative estimate of drug-likeness (QED) is 0.826. The van der Waals surface area contributed by atoms with Gasteiger partial charge in [0, 0.05) is 11.4 Å². The standard InChI is InChI=1S/C20H24N2O2/c1-12(2)16-11-7-10-15(5)18(16)22-20(24)19(23)21-17-13(3)8-6-9-14(17)4/h6-12H,1-5H3,(H,21,23)(H,22,24). The first-order chi connectivity index (χ1) is 11.3. The zero-order valence-corrected chi connectivity index (χ0v) is 14.9. The smallest absolute Gasteiger partial charge is 0.314 e. The fourth-order valence-corrected chi connectivity index (χ4v) is 2.69. The third-order valence-electron chi connectivity index (χ3n) is 4.09. The predicted molar refractivity (Wildman–Crippen MR) is 98.4 cm³/mol. The maximum Gasteiger partial charge on any atom is 0.314 e. The lowest BCUT2D eigenvalue weighted by Gasteiger charge is -2.17. The van der Waals surface area contributed by atoms with Crippen LogP contribution >= 0.6 is 0 Å². The first-order valence-corrected chi connectivity index (χ1v) is 8.09. The zero-order chi connectivity index (χ0) is 17.9. The van der Waals surface area contributed by atoms with Crippen LogP contribution in [-0.4, -0.2) is 11.8 Å². The molecule has 2 rings (SSSR count). The Labute approximate surface area is 143 Å². The second-order valence-electron chi connectivity index (χ2n) is 6.37. The third kappa shape index (κ3) is 3.82. The highest BCUT2D eigenvalue weighted by atomic mass is 16.2. The molecule has 2 amide bonds. The second kappa shape index (κ2) is 7.30. The van der Waals surface area contributed by atoms with E-state index in [1.807, 2.05) is 57.2 Å². The maximum absolute atomic E-state index is 12.3. The minimum Gasteiger partial charge on any atom is -0.317 e. The first-order valence-electron chi connectivity index (χ1n) is 8.09. The molecular weight excluding hydrogens is 300 g/mol. The first kappa shape index (κ1) is 17.7. The summed E-state index contributed by atoms with van der Waals surface area (Å²) in [5.41, 5.74) is 5.21. The van der Waals surface area contributed by atoms with Crippen molar-refractivity contribution in [3.8, 4) is 0 Å². The van der Waals surface area contributed by atoms with Gasteiger partial charge in [-0.3, -0.25) is 9.59 Å². The van der Waals surface area contributed by atoms with Gasteiger partial charge in [-0.1, -0.05) is 50.2 Å². The molecule has 0 aliphatic carbocycles. The van der Waals surface area contributed by atoms with Crippen molar-refractivity contribution in [2.45, 2.75) is 40.5 Å². The summed E-state index contributed by atoms with van der Waals surface area (Å²) in [4.78, 5) is 24.6. The number of aryl methyl sites for hydroxylation is 3. The minimum absolute atomic E-state index is 0.252. The average molecular weight is 324 g/mol. The van der Waals surface area contributed by atoms with E-state index in [0.717, 1.165) is 22.3 Å². The molecule has 0 spiro atoms. The summed E-state index contributed by atoms with van der Waals surface area (Å²) in [7, 11) is 0. The monoisotopic (exact) mass is 324 g/mol. The highest BCUT2D eigenvalue weighted by Gasteiger charge is 2.19. The molecule has 4 heteroatoms. The van der Waals surface area contributed by atoms with Crippen LogP contribution in [0.5, 0.6) is 0 Å². The van der Waals surface area contributed by atoms with E-state index in [9.17, 15) is 9.59 Å². The molecule has 2 aromatic rings. The van der Waals surface area contributed by atoms with Gasteiger partial charge in [0.05, 0.1) is 0 Å². The molecule has 0 saturated heterocycles. The van der Waals surface area contributed by atoms with Gasteiger partial charge in [-0.2, -0.15) is 0 Å². The fourth-order valence-electron chi connectivity index (χ4n) is 2.69. The Morgan fingerprint density at radius 2 is 1.17 bits per heavy atom. The molecule has 0 aliphatic rings. The summed E-state index contributed by atoms with van der Waals surface area (Å²) in [5.74, 6) is -1.07. The Balaban J connectivity index is 2.20. The largest absolute Gasteiger partial charge is 0.317 e. The number of hydrogen-bond acceptors (Lipinski definition) is 2. The van der Waals surface area contributed by atoms with Crippen molar-refractivity contribution in [3.05, 3.63) is 58.7 Å². The molecule has 0 bridgehead atoms. The van der Waals surface area contributed by atoms with Gasteiger partial charge in [0.2, 0.25) is 0 Å². The molecule has 126 valence electrons. The lowest BCUT2D eigenvalue weighted by molar-refractivity contribution is -0.133. The van der Waals surface area contributed by atoms with Gasteiger partial charge < -0.3 is 10.6 Å². The number of hydrogen-bond donors (Lipinski definition) is 2. The topological polar surface area (TPSA) is 58.2 Å². The van der Waals surface area contributed by atoms with Gasteiger partial charge >= 0.3 is 11.8 Å². The molecule has 0 atom stereocenters. The molecule has 24 heavy (non-hydrogen) atoms. The van der Waals surface area contributed by atoms with Gasteiger partial charge in [-0.05, 0) is 48.9 Å².